The number of ether oxygens (including phenoxy) is 1. The number of halogens is 1. The molecule has 2 aliphatic heterocycles. The highest BCUT2D eigenvalue weighted by molar-refractivity contribution is 9.10. The van der Waals surface area contributed by atoms with Gasteiger partial charge in [0.05, 0.1) is 18.9 Å². The van der Waals surface area contributed by atoms with Crippen molar-refractivity contribution in [2.24, 2.45) is 0 Å². The maximum atomic E-state index is 13.1. The van der Waals surface area contributed by atoms with Crippen LogP contribution in [0.4, 0.5) is 11.5 Å². The minimum atomic E-state index is -0.315. The van der Waals surface area contributed by atoms with E-state index in [1.54, 1.807) is 25.3 Å². The summed E-state index contributed by atoms with van der Waals surface area (Å²) in [5.41, 5.74) is 6.34. The number of imidazole rings is 1. The highest BCUT2D eigenvalue weighted by atomic mass is 79.9. The molecule has 2 aliphatic rings. The maximum absolute atomic E-state index is 13.1. The van der Waals surface area contributed by atoms with E-state index in [1.807, 2.05) is 40.5 Å². The van der Waals surface area contributed by atoms with Crippen molar-refractivity contribution >= 4 is 50.8 Å². The number of amides is 3. The molecule has 1 saturated heterocycles. The first kappa shape index (κ1) is 30.7. The molecule has 1 atom stereocenters. The molecule has 12 heteroatoms. The van der Waals surface area contributed by atoms with Crippen LogP contribution in [0.1, 0.15) is 52.4 Å². The van der Waals surface area contributed by atoms with Gasteiger partial charge in [-0.1, -0.05) is 18.2 Å². The summed E-state index contributed by atoms with van der Waals surface area (Å²) in [4.78, 5) is 51.3. The van der Waals surface area contributed by atoms with E-state index in [-0.39, 0.29) is 36.9 Å². The topological polar surface area (TPSA) is 121 Å². The Hall–Kier alpha value is -4.29. The minimum absolute atomic E-state index is 0.0560. The number of morpholine rings is 1. The number of aryl methyl sites for hydroxylation is 2. The molecule has 45 heavy (non-hydrogen) atoms. The number of benzene rings is 2. The van der Waals surface area contributed by atoms with Gasteiger partial charge < -0.3 is 25.2 Å². The van der Waals surface area contributed by atoms with E-state index in [4.69, 9.17) is 4.74 Å². The van der Waals surface area contributed by atoms with Crippen LogP contribution < -0.4 is 20.4 Å². The third-order valence-electron chi connectivity index (χ3n) is 8.45. The van der Waals surface area contributed by atoms with Crippen molar-refractivity contribution in [2.75, 3.05) is 49.2 Å². The smallest absolute Gasteiger partial charge is 0.271 e. The fraction of sp³-hybridized carbons (Fsp3) is 0.364. The molecule has 2 aromatic heterocycles. The Balaban J connectivity index is 1.05. The van der Waals surface area contributed by atoms with E-state index < -0.39 is 0 Å². The number of carbonyl (C=O) groups excluding carboxylic acids is 3. The Morgan fingerprint density at radius 1 is 0.978 bits per heavy atom. The number of hydrogen-bond acceptors (Lipinski definition) is 7. The monoisotopic (exact) mass is 673 g/mol. The number of carbonyl (C=O) groups is 3. The van der Waals surface area contributed by atoms with Crippen LogP contribution in [0.2, 0.25) is 0 Å². The molecule has 4 heterocycles. The number of nitrogens with zero attached hydrogens (tertiary/aromatic N) is 5. The molecule has 2 aromatic carbocycles. The van der Waals surface area contributed by atoms with Crippen LogP contribution in [0.25, 0.3) is 16.8 Å². The number of nitrogens with one attached hydrogen (secondary N) is 2. The molecule has 0 radical (unpaired) electrons. The molecular weight excluding hydrogens is 638 g/mol. The summed E-state index contributed by atoms with van der Waals surface area (Å²) < 4.78 is 7.99. The summed E-state index contributed by atoms with van der Waals surface area (Å²) in [5.74, 6) is 0.224. The van der Waals surface area contributed by atoms with Crippen molar-refractivity contribution in [1.29, 1.82) is 0 Å². The molecule has 1 fully saturated rings. The average Bonchev–Trinajstić information content (AvgIpc) is 3.38. The largest absolute Gasteiger partial charge is 0.378 e. The van der Waals surface area contributed by atoms with Gasteiger partial charge in [-0.2, -0.15) is 0 Å². The molecule has 0 bridgehead atoms. The van der Waals surface area contributed by atoms with E-state index in [0.29, 0.717) is 59.3 Å². The molecule has 0 saturated carbocycles. The lowest BCUT2D eigenvalue weighted by Gasteiger charge is -2.34. The molecule has 0 spiro atoms. The van der Waals surface area contributed by atoms with Crippen LogP contribution in [0.15, 0.2) is 53.3 Å². The van der Waals surface area contributed by atoms with Crippen molar-refractivity contribution in [3.05, 3.63) is 75.8 Å². The van der Waals surface area contributed by atoms with E-state index in [9.17, 15) is 14.4 Å². The summed E-state index contributed by atoms with van der Waals surface area (Å²) >= 11 is 3.48. The van der Waals surface area contributed by atoms with Crippen LogP contribution in [0.5, 0.6) is 0 Å². The molecule has 11 nitrogen and oxygen atoms in total. The first-order chi connectivity index (χ1) is 21.7. The fourth-order valence-electron chi connectivity index (χ4n) is 6.08. The molecule has 234 valence electrons. The third-order valence-corrected chi connectivity index (χ3v) is 8.83. The molecule has 0 aliphatic carbocycles. The number of rotatable bonds is 7. The molecule has 3 amide bonds. The highest BCUT2D eigenvalue weighted by Gasteiger charge is 2.26. The van der Waals surface area contributed by atoms with Crippen LogP contribution in [0.3, 0.4) is 0 Å². The highest BCUT2D eigenvalue weighted by Crippen LogP contribution is 2.34. The predicted molar refractivity (Wildman–Crippen MR) is 176 cm³/mol. The predicted octanol–water partition coefficient (Wildman–Crippen LogP) is 4.15. The Bertz CT molecular complexity index is 1770. The zero-order valence-electron chi connectivity index (χ0n) is 25.6. The summed E-state index contributed by atoms with van der Waals surface area (Å²) in [6, 6.07) is 13.8. The number of hydrogen-bond donors (Lipinski definition) is 2. The van der Waals surface area contributed by atoms with Crippen molar-refractivity contribution in [3.8, 4) is 11.1 Å². The lowest BCUT2D eigenvalue weighted by atomic mass is 9.93. The molecular formula is C33H36BrN7O4. The normalized spacial score (nSPS) is 16.4. The molecule has 0 unspecified atom stereocenters. The van der Waals surface area contributed by atoms with E-state index >= 15 is 0 Å². The number of aromatic nitrogens is 3. The van der Waals surface area contributed by atoms with Gasteiger partial charge in [0.1, 0.15) is 10.3 Å². The van der Waals surface area contributed by atoms with Gasteiger partial charge in [0.15, 0.2) is 11.5 Å². The Morgan fingerprint density at radius 3 is 2.38 bits per heavy atom. The van der Waals surface area contributed by atoms with E-state index in [0.717, 1.165) is 35.2 Å². The second-order valence-corrected chi connectivity index (χ2v) is 12.2. The third kappa shape index (κ3) is 6.30. The number of fused-ring (bicyclic) bond motifs is 2. The molecule has 4 aromatic rings. The van der Waals surface area contributed by atoms with E-state index in [1.165, 1.54) is 0 Å². The average molecular weight is 675 g/mol. The second-order valence-electron chi connectivity index (χ2n) is 11.4. The summed E-state index contributed by atoms with van der Waals surface area (Å²) in [7, 11) is 0. The Morgan fingerprint density at radius 2 is 1.67 bits per heavy atom. The standard InChI is InChI=1S/C33H36BrN7O4/c1-20-4-5-26-18-25(10-11-27(26)41(20)22(3)42)23-6-8-24(9-7-23)32(43)35-12-13-36-33(44)29-21(2)40-19-28(34)37-30(31(40)38-29)39-14-16-45-17-15-39/h6-11,18-20H,4-5,12-17H2,1-3H3,(H,35,43)(H,36,44)/t20-/m0/s1. The molecule has 2 N–H and O–H groups in total. The van der Waals surface area contributed by atoms with Crippen LogP contribution in [-0.2, 0) is 16.0 Å². The SMILES string of the molecule is CC(=O)N1c2ccc(-c3ccc(C(=O)NCCNC(=O)c4nc5c(N6CCOCC6)nc(Br)cn5c4C)cc3)cc2CC[C@@H]1C. The summed E-state index contributed by atoms with van der Waals surface area (Å²) in [6.07, 6.45) is 3.66. The first-order valence-electron chi connectivity index (χ1n) is 15.2. The Labute approximate surface area is 270 Å². The van der Waals surface area contributed by atoms with E-state index in [2.05, 4.69) is 54.4 Å². The minimum Gasteiger partial charge on any atom is -0.378 e. The van der Waals surface area contributed by atoms with Gasteiger partial charge in [-0.3, -0.25) is 18.8 Å². The quantitative estimate of drug-likeness (QED) is 0.283. The van der Waals surface area contributed by atoms with Crippen LogP contribution in [0, 0.1) is 6.92 Å². The van der Waals surface area contributed by atoms with Gasteiger partial charge in [0, 0.05) is 56.6 Å². The fourth-order valence-corrected chi connectivity index (χ4v) is 6.45. The van der Waals surface area contributed by atoms with Gasteiger partial charge in [0.2, 0.25) is 5.91 Å². The first-order valence-corrected chi connectivity index (χ1v) is 16.0. The zero-order valence-corrected chi connectivity index (χ0v) is 27.2. The van der Waals surface area contributed by atoms with Crippen molar-refractivity contribution < 1.29 is 19.1 Å². The zero-order chi connectivity index (χ0) is 31.7. The van der Waals surface area contributed by atoms with Gasteiger partial charge in [-0.15, -0.1) is 0 Å². The molecule has 6 rings (SSSR count). The van der Waals surface area contributed by atoms with Gasteiger partial charge in [-0.25, -0.2) is 9.97 Å². The Kier molecular flexibility index (Phi) is 8.86. The van der Waals surface area contributed by atoms with Crippen molar-refractivity contribution in [3.63, 3.8) is 0 Å². The van der Waals surface area contributed by atoms with Gasteiger partial charge in [0.25, 0.3) is 11.8 Å². The van der Waals surface area contributed by atoms with Crippen molar-refractivity contribution in [2.45, 2.75) is 39.7 Å². The van der Waals surface area contributed by atoms with Gasteiger partial charge >= 0.3 is 0 Å². The number of anilines is 2. The maximum Gasteiger partial charge on any atom is 0.271 e. The van der Waals surface area contributed by atoms with Crippen molar-refractivity contribution in [1.82, 2.24) is 25.0 Å². The van der Waals surface area contributed by atoms with Gasteiger partial charge in [-0.05, 0) is 83.6 Å². The second kappa shape index (κ2) is 13.0. The van der Waals surface area contributed by atoms with Crippen LogP contribution in [-0.4, -0.2) is 77.5 Å². The van der Waals surface area contributed by atoms with Crippen LogP contribution >= 0.6 is 15.9 Å². The lowest BCUT2D eigenvalue weighted by molar-refractivity contribution is -0.117. The summed E-state index contributed by atoms with van der Waals surface area (Å²) in [6.45, 7) is 8.67. The summed E-state index contributed by atoms with van der Waals surface area (Å²) in [5, 5.41) is 5.74. The lowest BCUT2D eigenvalue weighted by Crippen LogP contribution is -2.40.